The first-order valence-corrected chi connectivity index (χ1v) is 13.3. The Morgan fingerprint density at radius 2 is 1.76 bits per heavy atom. The van der Waals surface area contributed by atoms with Crippen molar-refractivity contribution in [3.63, 3.8) is 0 Å². The molecule has 1 heterocycles. The zero-order valence-corrected chi connectivity index (χ0v) is 22.7. The van der Waals surface area contributed by atoms with Crippen molar-refractivity contribution in [3.8, 4) is 5.75 Å². The zero-order valence-electron chi connectivity index (χ0n) is 22.7. The van der Waals surface area contributed by atoms with Gasteiger partial charge in [0.1, 0.15) is 5.75 Å². The number of rotatable bonds is 6. The zero-order chi connectivity index (χ0) is 28.0. The van der Waals surface area contributed by atoms with Gasteiger partial charge in [0.15, 0.2) is 5.78 Å². The number of allylic oxidation sites excluding steroid dienone is 1. The largest absolute Gasteiger partial charge is 0.497 e. The van der Waals surface area contributed by atoms with E-state index in [1.807, 2.05) is 27.7 Å². The Balaban J connectivity index is 1.72. The number of hydrogen-bond donors (Lipinski definition) is 1. The molecule has 1 aromatic rings. The van der Waals surface area contributed by atoms with Crippen LogP contribution >= 0.6 is 0 Å². The molecule has 0 radical (unpaired) electrons. The summed E-state index contributed by atoms with van der Waals surface area (Å²) in [6.07, 6.45) is -2.96. The Kier molecular flexibility index (Phi) is 7.45. The van der Waals surface area contributed by atoms with Gasteiger partial charge in [-0.3, -0.25) is 14.4 Å². The average Bonchev–Trinajstić information content (AvgIpc) is 3.07. The Hall–Kier alpha value is -2.84. The van der Waals surface area contributed by atoms with Crippen LogP contribution in [0.3, 0.4) is 0 Å². The normalized spacial score (nSPS) is 29.4. The third-order valence-electron chi connectivity index (χ3n) is 8.61. The summed E-state index contributed by atoms with van der Waals surface area (Å²) in [4.78, 5) is 41.7. The van der Waals surface area contributed by atoms with E-state index in [0.717, 1.165) is 18.4 Å². The summed E-state index contributed by atoms with van der Waals surface area (Å²) in [5.41, 5.74) is -3.68. The second-order valence-electron chi connectivity index (χ2n) is 11.9. The number of Topliss-reactive ketones (excluding diaryl/α,β-unsaturated/α-hetero) is 1. The molecule has 2 amide bonds. The van der Waals surface area contributed by atoms with E-state index in [1.54, 1.807) is 24.3 Å². The Bertz CT molecular complexity index is 1140. The topological polar surface area (TPSA) is 75.7 Å². The van der Waals surface area contributed by atoms with Crippen LogP contribution in [0.15, 0.2) is 35.5 Å². The molecule has 0 saturated heterocycles. The number of carbonyl (C=O) groups is 3. The van der Waals surface area contributed by atoms with Crippen molar-refractivity contribution < 1.29 is 32.3 Å². The van der Waals surface area contributed by atoms with Crippen molar-refractivity contribution in [2.75, 3.05) is 7.11 Å². The van der Waals surface area contributed by atoms with E-state index in [-0.39, 0.29) is 43.2 Å². The van der Waals surface area contributed by atoms with Gasteiger partial charge in [-0.25, -0.2) is 0 Å². The number of halogens is 3. The number of carbonyl (C=O) groups excluding carboxylic acids is 3. The van der Waals surface area contributed by atoms with Crippen LogP contribution in [0, 0.1) is 17.3 Å². The summed E-state index contributed by atoms with van der Waals surface area (Å²) in [6.45, 7) is 7.65. The third-order valence-corrected chi connectivity index (χ3v) is 8.61. The first kappa shape index (κ1) is 28.2. The SMILES string of the molecule is COc1ccc(CCC(=O)NC2(C(F)(F)F)C(=O)N(C3CCCC(C)C3C)C3=C2C(=O)CC(C)(C)C3)cc1. The van der Waals surface area contributed by atoms with Crippen molar-refractivity contribution in [1.29, 1.82) is 0 Å². The van der Waals surface area contributed by atoms with E-state index in [2.05, 4.69) is 5.32 Å². The highest BCUT2D eigenvalue weighted by Gasteiger charge is 2.72. The summed E-state index contributed by atoms with van der Waals surface area (Å²) < 4.78 is 50.3. The predicted molar refractivity (Wildman–Crippen MR) is 136 cm³/mol. The van der Waals surface area contributed by atoms with Gasteiger partial charge in [-0.05, 0) is 54.2 Å². The molecule has 1 aliphatic heterocycles. The maximum atomic E-state index is 15.1. The molecule has 0 spiro atoms. The van der Waals surface area contributed by atoms with Crippen LogP contribution in [0.4, 0.5) is 13.2 Å². The molecular formula is C29H37F3N2O4. The van der Waals surface area contributed by atoms with Crippen molar-refractivity contribution in [2.24, 2.45) is 17.3 Å². The summed E-state index contributed by atoms with van der Waals surface area (Å²) in [5.74, 6) is -2.10. The van der Waals surface area contributed by atoms with Gasteiger partial charge in [-0.15, -0.1) is 0 Å². The Morgan fingerprint density at radius 3 is 2.37 bits per heavy atom. The van der Waals surface area contributed by atoms with Crippen LogP contribution in [0.2, 0.25) is 0 Å². The van der Waals surface area contributed by atoms with E-state index >= 15 is 13.2 Å². The fraction of sp³-hybridized carbons (Fsp3) is 0.621. The lowest BCUT2D eigenvalue weighted by Crippen LogP contribution is -2.67. The minimum atomic E-state index is -5.18. The lowest BCUT2D eigenvalue weighted by atomic mass is 9.72. The number of alkyl halides is 3. The van der Waals surface area contributed by atoms with Crippen LogP contribution in [0.25, 0.3) is 0 Å². The maximum absolute atomic E-state index is 15.1. The quantitative estimate of drug-likeness (QED) is 0.534. The molecule has 9 heteroatoms. The molecule has 0 aromatic heterocycles. The first-order valence-electron chi connectivity index (χ1n) is 13.3. The molecule has 3 aliphatic rings. The predicted octanol–water partition coefficient (Wildman–Crippen LogP) is 5.36. The molecule has 1 N–H and O–H groups in total. The average molecular weight is 535 g/mol. The number of nitrogens with zero attached hydrogens (tertiary/aromatic N) is 1. The van der Waals surface area contributed by atoms with E-state index in [9.17, 15) is 14.4 Å². The standard InChI is InChI=1S/C29H37F3N2O4/c1-17-7-6-8-21(18(17)2)34-22-15-27(3,4)16-23(35)25(22)28(26(34)37,29(30,31)32)33-24(36)14-11-19-9-12-20(38-5)13-10-19/h9-10,12-13,17-18,21H,6-8,11,14-16H2,1-5H3,(H,33,36). The molecule has 4 atom stereocenters. The Labute approximate surface area is 222 Å². The van der Waals surface area contributed by atoms with Gasteiger partial charge < -0.3 is 15.0 Å². The number of amides is 2. The lowest BCUT2D eigenvalue weighted by Gasteiger charge is -2.43. The number of methoxy groups -OCH3 is 1. The van der Waals surface area contributed by atoms with Gasteiger partial charge in [0.05, 0.1) is 12.7 Å². The molecule has 0 bridgehead atoms. The van der Waals surface area contributed by atoms with Crippen molar-refractivity contribution in [1.82, 2.24) is 10.2 Å². The van der Waals surface area contributed by atoms with Gasteiger partial charge in [0.2, 0.25) is 11.4 Å². The molecule has 38 heavy (non-hydrogen) atoms. The van der Waals surface area contributed by atoms with Crippen LogP contribution in [0.5, 0.6) is 5.75 Å². The number of aryl methyl sites for hydroxylation is 1. The minimum Gasteiger partial charge on any atom is -0.497 e. The summed E-state index contributed by atoms with van der Waals surface area (Å²) in [6, 6.07) is 6.40. The Morgan fingerprint density at radius 1 is 1.11 bits per heavy atom. The fourth-order valence-corrected chi connectivity index (χ4v) is 6.37. The van der Waals surface area contributed by atoms with Gasteiger partial charge >= 0.3 is 6.18 Å². The molecule has 4 rings (SSSR count). The monoisotopic (exact) mass is 534 g/mol. The van der Waals surface area contributed by atoms with E-state index < -0.39 is 46.3 Å². The first-order chi connectivity index (χ1) is 17.7. The highest BCUT2D eigenvalue weighted by Crippen LogP contribution is 2.53. The molecule has 1 aromatic carbocycles. The van der Waals surface area contributed by atoms with Gasteiger partial charge in [-0.2, -0.15) is 13.2 Å². The molecular weight excluding hydrogens is 497 g/mol. The minimum absolute atomic E-state index is 0.0450. The second kappa shape index (κ2) is 10.0. The number of hydrogen-bond acceptors (Lipinski definition) is 4. The number of ether oxygens (including phenoxy) is 1. The van der Waals surface area contributed by atoms with E-state index in [0.29, 0.717) is 12.2 Å². The van der Waals surface area contributed by atoms with Crippen LogP contribution < -0.4 is 10.1 Å². The molecule has 6 nitrogen and oxygen atoms in total. The molecule has 2 aliphatic carbocycles. The van der Waals surface area contributed by atoms with Crippen LogP contribution in [-0.4, -0.2) is 47.4 Å². The summed E-state index contributed by atoms with van der Waals surface area (Å²) in [7, 11) is 1.52. The van der Waals surface area contributed by atoms with Crippen molar-refractivity contribution in [3.05, 3.63) is 41.1 Å². The highest BCUT2D eigenvalue weighted by molar-refractivity contribution is 6.13. The number of ketones is 1. The van der Waals surface area contributed by atoms with Gasteiger partial charge in [0.25, 0.3) is 5.91 Å². The maximum Gasteiger partial charge on any atom is 0.425 e. The van der Waals surface area contributed by atoms with Gasteiger partial charge in [0, 0.05) is 24.6 Å². The lowest BCUT2D eigenvalue weighted by molar-refractivity contribution is -0.195. The summed E-state index contributed by atoms with van der Waals surface area (Å²) in [5, 5.41) is 2.07. The van der Waals surface area contributed by atoms with Crippen LogP contribution in [-0.2, 0) is 20.8 Å². The number of benzene rings is 1. The smallest absolute Gasteiger partial charge is 0.425 e. The van der Waals surface area contributed by atoms with E-state index in [1.165, 1.54) is 12.0 Å². The van der Waals surface area contributed by atoms with Gasteiger partial charge in [-0.1, -0.05) is 52.7 Å². The fourth-order valence-electron chi connectivity index (χ4n) is 6.37. The van der Waals surface area contributed by atoms with Crippen molar-refractivity contribution in [2.45, 2.75) is 90.4 Å². The molecule has 208 valence electrons. The van der Waals surface area contributed by atoms with E-state index in [4.69, 9.17) is 4.74 Å². The molecule has 1 saturated carbocycles. The third kappa shape index (κ3) is 4.84. The summed E-state index contributed by atoms with van der Waals surface area (Å²) >= 11 is 0. The molecule has 4 unspecified atom stereocenters. The van der Waals surface area contributed by atoms with Crippen LogP contribution in [0.1, 0.15) is 71.8 Å². The number of nitrogens with one attached hydrogen (secondary N) is 1. The second-order valence-corrected chi connectivity index (χ2v) is 11.9. The highest BCUT2D eigenvalue weighted by atomic mass is 19.4. The molecule has 1 fully saturated rings. The van der Waals surface area contributed by atoms with Crippen molar-refractivity contribution >= 4 is 17.6 Å².